The van der Waals surface area contributed by atoms with Crippen LogP contribution in [0.4, 0.5) is 0 Å². The lowest BCUT2D eigenvalue weighted by molar-refractivity contribution is -0.123. The molecule has 2 heterocycles. The fourth-order valence-electron chi connectivity index (χ4n) is 2.61. The summed E-state index contributed by atoms with van der Waals surface area (Å²) in [6.45, 7) is 14.1. The molecule has 36 heavy (non-hydrogen) atoms. The zero-order valence-electron chi connectivity index (χ0n) is 22.0. The zero-order valence-corrected chi connectivity index (χ0v) is 22.9. The predicted octanol–water partition coefficient (Wildman–Crippen LogP) is 1.63. The molecule has 1 fully saturated rings. The first-order chi connectivity index (χ1) is 16.6. The number of phosphoric acid groups is 1. The molecule has 0 radical (unpaired) electrons. The molecular weight excluding hydrogens is 499 g/mol. The second kappa shape index (κ2) is 16.2. The van der Waals surface area contributed by atoms with Crippen molar-refractivity contribution >= 4 is 14.1 Å². The van der Waals surface area contributed by atoms with Gasteiger partial charge in [0.25, 0.3) is 5.56 Å². The van der Waals surface area contributed by atoms with Gasteiger partial charge in [-0.05, 0) is 34.1 Å². The Kier molecular flexibility index (Phi) is 15.4. The Bertz CT molecular complexity index is 935. The molecule has 1 aromatic rings. The standard InChI is InChI=1S/C10H15N2O8P.C6H14O2.C6H12O/c1-5-3-12(10(15)11-9(5)14)8-2-6(13)7(20-8)4-19-21(16,17)18;1-4-7-6(3)8-5-2;1-4-6(2,3)5-7/h3,6-8,13H,2,4H2,1H3,(H,11,14,15)(H2,16,17,18);6H,4-5H2,1-3H3;5H,4H2,1-3H3/t6-,7+,8+;;/m0../s1. The number of hydrogen-bond donors (Lipinski definition) is 4. The number of carbonyl (C=O) groups excluding carboxylic acids is 1. The fourth-order valence-corrected chi connectivity index (χ4v) is 2.95. The summed E-state index contributed by atoms with van der Waals surface area (Å²) < 4.78 is 31.5. The third-order valence-electron chi connectivity index (χ3n) is 5.10. The number of aliphatic hydroxyl groups is 1. The largest absolute Gasteiger partial charge is 0.469 e. The van der Waals surface area contributed by atoms with Gasteiger partial charge in [-0.25, -0.2) is 9.36 Å². The summed E-state index contributed by atoms with van der Waals surface area (Å²) >= 11 is 0. The highest BCUT2D eigenvalue weighted by molar-refractivity contribution is 7.46. The zero-order chi connectivity index (χ0) is 28.1. The molecule has 14 heteroatoms. The number of H-pyrrole nitrogens is 1. The molecule has 1 aliphatic rings. The van der Waals surface area contributed by atoms with E-state index in [0.29, 0.717) is 5.56 Å². The van der Waals surface area contributed by atoms with Crippen LogP contribution in [0.1, 0.15) is 66.2 Å². The summed E-state index contributed by atoms with van der Waals surface area (Å²) in [7, 11) is -4.67. The second-order valence-electron chi connectivity index (χ2n) is 8.64. The number of nitrogens with one attached hydrogen (secondary N) is 1. The monoisotopic (exact) mass is 540 g/mol. The Morgan fingerprint density at radius 3 is 2.22 bits per heavy atom. The summed E-state index contributed by atoms with van der Waals surface area (Å²) in [5.74, 6) is 0. The number of phosphoric ester groups is 1. The number of carbonyl (C=O) groups is 1. The van der Waals surface area contributed by atoms with Gasteiger partial charge in [-0.1, -0.05) is 20.8 Å². The van der Waals surface area contributed by atoms with Gasteiger partial charge in [0.1, 0.15) is 18.6 Å². The SMILES string of the molecule is CCC(C)(C)C=O.CCOC(C)OCC.Cc1cn([C@H]2C[C@H](O)[C@@H](COP(=O)(O)O)O2)c(=O)[nH]c1=O. The van der Waals surface area contributed by atoms with Gasteiger partial charge in [0.2, 0.25) is 0 Å². The highest BCUT2D eigenvalue weighted by Gasteiger charge is 2.37. The van der Waals surface area contributed by atoms with E-state index in [2.05, 4.69) is 9.51 Å². The summed E-state index contributed by atoms with van der Waals surface area (Å²) in [5, 5.41) is 9.79. The van der Waals surface area contributed by atoms with E-state index in [1.54, 1.807) is 0 Å². The van der Waals surface area contributed by atoms with Gasteiger partial charge in [0.05, 0.1) is 12.7 Å². The Morgan fingerprint density at radius 2 is 1.81 bits per heavy atom. The van der Waals surface area contributed by atoms with Crippen molar-refractivity contribution in [2.24, 2.45) is 5.41 Å². The van der Waals surface area contributed by atoms with Crippen molar-refractivity contribution in [2.45, 2.75) is 86.0 Å². The molecule has 0 aromatic carbocycles. The average Bonchev–Trinajstić information content (AvgIpc) is 3.16. The van der Waals surface area contributed by atoms with Gasteiger partial charge in [-0.15, -0.1) is 0 Å². The first kappa shape index (κ1) is 34.3. The minimum atomic E-state index is -4.67. The topological polar surface area (TPSA) is 187 Å². The van der Waals surface area contributed by atoms with Crippen molar-refractivity contribution in [2.75, 3.05) is 19.8 Å². The molecule has 0 saturated carbocycles. The van der Waals surface area contributed by atoms with E-state index in [1.807, 2.05) is 41.5 Å². The molecule has 3 atom stereocenters. The number of ether oxygens (including phenoxy) is 3. The van der Waals surface area contributed by atoms with Crippen LogP contribution in [0, 0.1) is 12.3 Å². The van der Waals surface area contributed by atoms with Crippen molar-refractivity contribution in [3.05, 3.63) is 32.6 Å². The first-order valence-electron chi connectivity index (χ1n) is 11.7. The fraction of sp³-hybridized carbons (Fsp3) is 0.773. The molecule has 0 aliphatic carbocycles. The van der Waals surface area contributed by atoms with Gasteiger partial charge in [-0.3, -0.25) is 18.9 Å². The molecule has 0 bridgehead atoms. The maximum atomic E-state index is 11.7. The lowest BCUT2D eigenvalue weighted by Gasteiger charge is -2.16. The minimum Gasteiger partial charge on any atom is -0.390 e. The van der Waals surface area contributed by atoms with Crippen LogP contribution in [0.2, 0.25) is 0 Å². The van der Waals surface area contributed by atoms with Gasteiger partial charge in [0, 0.05) is 36.8 Å². The Labute approximate surface area is 211 Å². The van der Waals surface area contributed by atoms with E-state index in [-0.39, 0.29) is 18.1 Å². The van der Waals surface area contributed by atoms with E-state index < -0.39 is 44.1 Å². The van der Waals surface area contributed by atoms with Crippen LogP contribution in [-0.4, -0.2) is 69.0 Å². The smallest absolute Gasteiger partial charge is 0.390 e. The van der Waals surface area contributed by atoms with E-state index in [9.17, 15) is 24.1 Å². The van der Waals surface area contributed by atoms with E-state index in [4.69, 9.17) is 24.0 Å². The molecule has 0 spiro atoms. The van der Waals surface area contributed by atoms with Gasteiger partial charge < -0.3 is 33.9 Å². The summed E-state index contributed by atoms with van der Waals surface area (Å²) in [4.78, 5) is 52.4. The highest BCUT2D eigenvalue weighted by atomic mass is 31.2. The molecular formula is C22H41N2O11P. The van der Waals surface area contributed by atoms with Gasteiger partial charge in [0.15, 0.2) is 6.29 Å². The van der Waals surface area contributed by atoms with Crippen LogP contribution in [-0.2, 0) is 28.1 Å². The number of nitrogens with zero attached hydrogens (tertiary/aromatic N) is 1. The van der Waals surface area contributed by atoms with Crippen LogP contribution >= 0.6 is 7.82 Å². The van der Waals surface area contributed by atoms with E-state index >= 15 is 0 Å². The lowest BCUT2D eigenvalue weighted by atomic mass is 9.93. The number of aliphatic hydroxyl groups excluding tert-OH is 1. The number of aldehydes is 1. The van der Waals surface area contributed by atoms with Crippen molar-refractivity contribution in [3.8, 4) is 0 Å². The normalized spacial score (nSPS) is 19.8. The van der Waals surface area contributed by atoms with Crippen LogP contribution in [0.25, 0.3) is 0 Å². The Hall–Kier alpha value is -1.70. The van der Waals surface area contributed by atoms with Gasteiger partial charge in [-0.2, -0.15) is 0 Å². The highest BCUT2D eigenvalue weighted by Crippen LogP contribution is 2.38. The molecule has 2 rings (SSSR count). The Balaban J connectivity index is 0.000000673. The number of hydrogen-bond acceptors (Lipinski definition) is 9. The number of rotatable bonds is 10. The maximum absolute atomic E-state index is 11.7. The van der Waals surface area contributed by atoms with E-state index in [0.717, 1.165) is 30.5 Å². The van der Waals surface area contributed by atoms with Crippen LogP contribution < -0.4 is 11.2 Å². The molecule has 1 aromatic heterocycles. The van der Waals surface area contributed by atoms with E-state index in [1.165, 1.54) is 13.1 Å². The maximum Gasteiger partial charge on any atom is 0.469 e. The van der Waals surface area contributed by atoms with Crippen LogP contribution in [0.15, 0.2) is 15.8 Å². The summed E-state index contributed by atoms with van der Waals surface area (Å²) in [6, 6.07) is 0. The van der Waals surface area contributed by atoms with Crippen molar-refractivity contribution in [1.82, 2.24) is 9.55 Å². The molecule has 4 N–H and O–H groups in total. The second-order valence-corrected chi connectivity index (χ2v) is 9.87. The molecule has 1 saturated heterocycles. The number of aromatic amines is 1. The summed E-state index contributed by atoms with van der Waals surface area (Å²) in [5.41, 5.74) is -1.02. The average molecular weight is 541 g/mol. The molecule has 0 unspecified atom stereocenters. The van der Waals surface area contributed by atoms with Crippen LogP contribution in [0.5, 0.6) is 0 Å². The lowest BCUT2D eigenvalue weighted by Crippen LogP contribution is -2.33. The van der Waals surface area contributed by atoms with Crippen LogP contribution in [0.3, 0.4) is 0 Å². The third kappa shape index (κ3) is 13.6. The Morgan fingerprint density at radius 1 is 1.25 bits per heavy atom. The minimum absolute atomic E-state index is 0.0283. The summed E-state index contributed by atoms with van der Waals surface area (Å²) in [6.07, 6.45) is 0.315. The predicted molar refractivity (Wildman–Crippen MR) is 131 cm³/mol. The van der Waals surface area contributed by atoms with Gasteiger partial charge >= 0.3 is 13.5 Å². The first-order valence-corrected chi connectivity index (χ1v) is 13.2. The quantitative estimate of drug-likeness (QED) is 0.192. The van der Waals surface area contributed by atoms with Crippen molar-refractivity contribution < 1.29 is 43.0 Å². The number of aryl methyl sites for hydroxylation is 1. The molecule has 1 aliphatic heterocycles. The molecule has 13 nitrogen and oxygen atoms in total. The molecule has 210 valence electrons. The van der Waals surface area contributed by atoms with Crippen molar-refractivity contribution in [3.63, 3.8) is 0 Å². The molecule has 0 amide bonds. The number of aromatic nitrogens is 2. The third-order valence-corrected chi connectivity index (χ3v) is 5.59. The van der Waals surface area contributed by atoms with Crippen molar-refractivity contribution in [1.29, 1.82) is 0 Å².